The van der Waals surface area contributed by atoms with Crippen LogP contribution in [0.5, 0.6) is 0 Å². The molecule has 0 spiro atoms. The summed E-state index contributed by atoms with van der Waals surface area (Å²) in [5, 5.41) is 0. The smallest absolute Gasteiger partial charge is 0.0462 e. The lowest BCUT2D eigenvalue weighted by Gasteiger charge is -2.04. The Hall–Kier alpha value is -0.820. The summed E-state index contributed by atoms with van der Waals surface area (Å²) in [7, 11) is 1.77. The maximum Gasteiger partial charge on any atom is 0.0462 e. The van der Waals surface area contributed by atoms with Crippen LogP contribution >= 0.6 is 0 Å². The highest BCUT2D eigenvalue weighted by molar-refractivity contribution is 5.25. The Morgan fingerprint density at radius 1 is 1.07 bits per heavy atom. The van der Waals surface area contributed by atoms with Gasteiger partial charge in [-0.3, -0.25) is 0 Å². The second kappa shape index (κ2) is 6.61. The maximum absolute atomic E-state index is 5.02. The minimum Gasteiger partial charge on any atom is -0.385 e. The molecule has 1 aromatic carbocycles. The third-order valence-corrected chi connectivity index (χ3v) is 2.56. The van der Waals surface area contributed by atoms with Crippen molar-refractivity contribution in [2.24, 2.45) is 0 Å². The van der Waals surface area contributed by atoms with Crippen LogP contribution < -0.4 is 0 Å². The van der Waals surface area contributed by atoms with Gasteiger partial charge in [-0.05, 0) is 37.3 Å². The van der Waals surface area contributed by atoms with Crippen LogP contribution in [0.1, 0.15) is 30.4 Å². The lowest BCUT2D eigenvalue weighted by atomic mass is 10.0. The van der Waals surface area contributed by atoms with Gasteiger partial charge in [0.15, 0.2) is 0 Å². The van der Waals surface area contributed by atoms with Gasteiger partial charge in [0.1, 0.15) is 0 Å². The zero-order valence-corrected chi connectivity index (χ0v) is 9.25. The fourth-order valence-corrected chi connectivity index (χ4v) is 1.63. The van der Waals surface area contributed by atoms with E-state index < -0.39 is 0 Å². The maximum atomic E-state index is 5.02. The topological polar surface area (TPSA) is 9.23 Å². The van der Waals surface area contributed by atoms with Gasteiger partial charge in [0.25, 0.3) is 0 Å². The van der Waals surface area contributed by atoms with Crippen molar-refractivity contribution in [1.29, 1.82) is 0 Å². The summed E-state index contributed by atoms with van der Waals surface area (Å²) in [6.45, 7) is 3.08. The zero-order valence-electron chi connectivity index (χ0n) is 9.25. The third-order valence-electron chi connectivity index (χ3n) is 2.56. The lowest BCUT2D eigenvalue weighted by Crippen LogP contribution is -1.92. The molecule has 0 fully saturated rings. The van der Waals surface area contributed by atoms with Gasteiger partial charge in [-0.1, -0.05) is 30.7 Å². The van der Waals surface area contributed by atoms with Gasteiger partial charge in [-0.2, -0.15) is 0 Å². The highest BCUT2D eigenvalue weighted by atomic mass is 16.5. The van der Waals surface area contributed by atoms with Crippen molar-refractivity contribution in [2.75, 3.05) is 13.7 Å². The summed E-state index contributed by atoms with van der Waals surface area (Å²) >= 11 is 0. The molecule has 78 valence electrons. The van der Waals surface area contributed by atoms with Crippen molar-refractivity contribution >= 4 is 0 Å². The van der Waals surface area contributed by atoms with Crippen LogP contribution in [0.25, 0.3) is 0 Å². The van der Waals surface area contributed by atoms with Crippen molar-refractivity contribution in [1.82, 2.24) is 0 Å². The van der Waals surface area contributed by atoms with Gasteiger partial charge in [0.2, 0.25) is 0 Å². The Kier molecular flexibility index (Phi) is 5.31. The van der Waals surface area contributed by atoms with Crippen LogP contribution in [-0.4, -0.2) is 13.7 Å². The summed E-state index contributed by atoms with van der Waals surface area (Å²) in [6, 6.07) is 8.64. The molecule has 1 aromatic rings. The first kappa shape index (κ1) is 11.3. The molecule has 1 rings (SSSR count). The summed E-state index contributed by atoms with van der Waals surface area (Å²) in [4.78, 5) is 0. The predicted octanol–water partition coefficient (Wildman–Crippen LogP) is 3.35. The summed E-state index contributed by atoms with van der Waals surface area (Å²) in [6.07, 6.45) is 4.93. The van der Waals surface area contributed by atoms with Crippen LogP contribution in [0.15, 0.2) is 24.3 Å². The number of unbranched alkanes of at least 4 members (excludes halogenated alkanes) is 2. The number of aryl methyl sites for hydroxylation is 2. The molecule has 0 N–H and O–H groups in total. The molecular weight excluding hydrogens is 172 g/mol. The molecule has 14 heavy (non-hydrogen) atoms. The Labute approximate surface area is 87.1 Å². The van der Waals surface area contributed by atoms with Crippen LogP contribution in [0, 0.1) is 6.92 Å². The van der Waals surface area contributed by atoms with Crippen LogP contribution in [0.3, 0.4) is 0 Å². The average Bonchev–Trinajstić information content (AvgIpc) is 2.20. The van der Waals surface area contributed by atoms with Crippen molar-refractivity contribution in [3.05, 3.63) is 35.4 Å². The second-order valence-corrected chi connectivity index (χ2v) is 3.73. The molecule has 0 heterocycles. The van der Waals surface area contributed by atoms with Gasteiger partial charge in [-0.25, -0.2) is 0 Å². The van der Waals surface area contributed by atoms with Gasteiger partial charge in [0.05, 0.1) is 0 Å². The number of rotatable bonds is 6. The minimum absolute atomic E-state index is 0.897. The molecule has 0 atom stereocenters. The number of benzene rings is 1. The lowest BCUT2D eigenvalue weighted by molar-refractivity contribution is 0.192. The van der Waals surface area contributed by atoms with Crippen molar-refractivity contribution < 1.29 is 4.74 Å². The van der Waals surface area contributed by atoms with E-state index in [0.29, 0.717) is 0 Å². The molecule has 0 aliphatic heterocycles. The van der Waals surface area contributed by atoms with Crippen molar-refractivity contribution in [3.63, 3.8) is 0 Å². The minimum atomic E-state index is 0.897. The zero-order chi connectivity index (χ0) is 10.2. The van der Waals surface area contributed by atoms with E-state index in [1.54, 1.807) is 7.11 Å². The molecule has 1 nitrogen and oxygen atoms in total. The van der Waals surface area contributed by atoms with E-state index in [4.69, 9.17) is 4.74 Å². The second-order valence-electron chi connectivity index (χ2n) is 3.73. The van der Waals surface area contributed by atoms with Crippen LogP contribution in [0.2, 0.25) is 0 Å². The summed E-state index contributed by atoms with van der Waals surface area (Å²) < 4.78 is 5.02. The molecule has 0 radical (unpaired) electrons. The van der Waals surface area contributed by atoms with Crippen LogP contribution in [-0.2, 0) is 11.2 Å². The van der Waals surface area contributed by atoms with Gasteiger partial charge in [-0.15, -0.1) is 0 Å². The Bertz CT molecular complexity index is 255. The molecule has 1 heteroatoms. The Morgan fingerprint density at radius 2 is 1.86 bits per heavy atom. The predicted molar refractivity (Wildman–Crippen MR) is 60.6 cm³/mol. The first-order chi connectivity index (χ1) is 6.84. The van der Waals surface area contributed by atoms with Crippen LogP contribution in [0.4, 0.5) is 0 Å². The fourth-order valence-electron chi connectivity index (χ4n) is 1.63. The first-order valence-corrected chi connectivity index (χ1v) is 5.38. The molecule has 0 amide bonds. The third kappa shape index (κ3) is 3.93. The standard InChI is InChI=1S/C13H20O/c1-12-8-5-6-10-13(12)9-4-3-7-11-14-2/h5-6,8,10H,3-4,7,9,11H2,1-2H3. The molecule has 0 aliphatic carbocycles. The van der Waals surface area contributed by atoms with E-state index in [1.807, 2.05) is 0 Å². The monoisotopic (exact) mass is 192 g/mol. The largest absolute Gasteiger partial charge is 0.385 e. The summed E-state index contributed by atoms with van der Waals surface area (Å²) in [5.74, 6) is 0. The molecule has 0 bridgehead atoms. The number of methoxy groups -OCH3 is 1. The van der Waals surface area contributed by atoms with Gasteiger partial charge < -0.3 is 4.74 Å². The molecule has 0 aliphatic rings. The highest BCUT2D eigenvalue weighted by Crippen LogP contribution is 2.11. The van der Waals surface area contributed by atoms with Gasteiger partial charge in [0, 0.05) is 13.7 Å². The molecular formula is C13H20O. The quantitative estimate of drug-likeness (QED) is 0.628. The normalized spacial score (nSPS) is 10.4. The van der Waals surface area contributed by atoms with Gasteiger partial charge >= 0.3 is 0 Å². The fraction of sp³-hybridized carbons (Fsp3) is 0.538. The van der Waals surface area contributed by atoms with E-state index >= 15 is 0 Å². The van der Waals surface area contributed by atoms with E-state index in [9.17, 15) is 0 Å². The van der Waals surface area contributed by atoms with E-state index in [0.717, 1.165) is 6.61 Å². The number of hydrogen-bond donors (Lipinski definition) is 0. The number of hydrogen-bond acceptors (Lipinski definition) is 1. The first-order valence-electron chi connectivity index (χ1n) is 5.38. The van der Waals surface area contributed by atoms with Crippen molar-refractivity contribution in [2.45, 2.75) is 32.6 Å². The molecule has 0 unspecified atom stereocenters. The van der Waals surface area contributed by atoms with Crippen molar-refractivity contribution in [3.8, 4) is 0 Å². The molecule has 0 saturated carbocycles. The Morgan fingerprint density at radius 3 is 2.57 bits per heavy atom. The molecule has 0 saturated heterocycles. The molecule has 0 aromatic heterocycles. The highest BCUT2D eigenvalue weighted by Gasteiger charge is 1.96. The Balaban J connectivity index is 2.21. The summed E-state index contributed by atoms with van der Waals surface area (Å²) in [5.41, 5.74) is 2.91. The average molecular weight is 192 g/mol. The van der Waals surface area contributed by atoms with E-state index in [2.05, 4.69) is 31.2 Å². The number of ether oxygens (including phenoxy) is 1. The van der Waals surface area contributed by atoms with E-state index in [1.165, 1.54) is 36.8 Å². The van der Waals surface area contributed by atoms with E-state index in [-0.39, 0.29) is 0 Å². The SMILES string of the molecule is COCCCCCc1ccccc1C.